The lowest BCUT2D eigenvalue weighted by molar-refractivity contribution is 0.102. The SMILES string of the molecule is Nc1cc(Br)cc(C(=O)Nc2cccc(Cl)n2)c1. The number of pyridine rings is 1. The van der Waals surface area contributed by atoms with Crippen molar-refractivity contribution < 1.29 is 4.79 Å². The van der Waals surface area contributed by atoms with E-state index in [4.69, 9.17) is 17.3 Å². The van der Waals surface area contributed by atoms with Crippen molar-refractivity contribution in [3.8, 4) is 0 Å². The van der Waals surface area contributed by atoms with Crippen molar-refractivity contribution in [2.45, 2.75) is 0 Å². The summed E-state index contributed by atoms with van der Waals surface area (Å²) in [6.45, 7) is 0. The first-order valence-electron chi connectivity index (χ1n) is 5.04. The number of aromatic nitrogens is 1. The van der Waals surface area contributed by atoms with Gasteiger partial charge in [-0.15, -0.1) is 0 Å². The third-order valence-electron chi connectivity index (χ3n) is 2.14. The number of hydrogen-bond donors (Lipinski definition) is 2. The van der Waals surface area contributed by atoms with Gasteiger partial charge in [-0.05, 0) is 30.3 Å². The Morgan fingerprint density at radius 1 is 1.33 bits per heavy atom. The van der Waals surface area contributed by atoms with Crippen LogP contribution in [0.4, 0.5) is 11.5 Å². The summed E-state index contributed by atoms with van der Waals surface area (Å²) in [5.41, 5.74) is 6.62. The summed E-state index contributed by atoms with van der Waals surface area (Å²) >= 11 is 9.02. The fourth-order valence-corrected chi connectivity index (χ4v) is 2.08. The predicted molar refractivity (Wildman–Crippen MR) is 75.8 cm³/mol. The van der Waals surface area contributed by atoms with E-state index in [-0.39, 0.29) is 5.91 Å². The first-order valence-corrected chi connectivity index (χ1v) is 6.22. The summed E-state index contributed by atoms with van der Waals surface area (Å²) in [6.07, 6.45) is 0. The molecule has 2 aromatic rings. The Morgan fingerprint density at radius 2 is 2.11 bits per heavy atom. The van der Waals surface area contributed by atoms with Gasteiger partial charge in [0.05, 0.1) is 0 Å². The maximum Gasteiger partial charge on any atom is 0.256 e. The molecular formula is C12H9BrClN3O. The van der Waals surface area contributed by atoms with Crippen LogP contribution >= 0.6 is 27.5 Å². The van der Waals surface area contributed by atoms with Crippen LogP contribution in [0.3, 0.4) is 0 Å². The second-order valence-corrected chi connectivity index (χ2v) is 4.88. The molecule has 0 aliphatic rings. The van der Waals surface area contributed by atoms with Crippen LogP contribution in [0.5, 0.6) is 0 Å². The number of nitrogen functional groups attached to an aromatic ring is 1. The lowest BCUT2D eigenvalue weighted by Gasteiger charge is -2.06. The van der Waals surface area contributed by atoms with Crippen LogP contribution in [0.1, 0.15) is 10.4 Å². The van der Waals surface area contributed by atoms with Gasteiger partial charge >= 0.3 is 0 Å². The largest absolute Gasteiger partial charge is 0.399 e. The zero-order chi connectivity index (χ0) is 13.1. The van der Waals surface area contributed by atoms with E-state index in [9.17, 15) is 4.79 Å². The predicted octanol–water partition coefficient (Wildman–Crippen LogP) is 3.33. The molecule has 0 unspecified atom stereocenters. The highest BCUT2D eigenvalue weighted by Gasteiger charge is 2.08. The molecule has 1 amide bonds. The first kappa shape index (κ1) is 12.9. The fourth-order valence-electron chi connectivity index (χ4n) is 1.41. The zero-order valence-corrected chi connectivity index (χ0v) is 11.5. The minimum absolute atomic E-state index is 0.294. The number of nitrogens with zero attached hydrogens (tertiary/aromatic N) is 1. The minimum atomic E-state index is -0.294. The number of carbonyl (C=O) groups excluding carboxylic acids is 1. The van der Waals surface area contributed by atoms with E-state index in [2.05, 4.69) is 26.2 Å². The lowest BCUT2D eigenvalue weighted by Crippen LogP contribution is -2.13. The maximum absolute atomic E-state index is 12.0. The van der Waals surface area contributed by atoms with Gasteiger partial charge in [-0.25, -0.2) is 4.98 Å². The standard InChI is InChI=1S/C12H9BrClN3O/c13-8-4-7(5-9(15)6-8)12(18)17-11-3-1-2-10(14)16-11/h1-6H,15H2,(H,16,17,18). The zero-order valence-electron chi connectivity index (χ0n) is 9.15. The average molecular weight is 327 g/mol. The number of hydrogen-bond acceptors (Lipinski definition) is 3. The lowest BCUT2D eigenvalue weighted by atomic mass is 10.2. The highest BCUT2D eigenvalue weighted by atomic mass is 79.9. The monoisotopic (exact) mass is 325 g/mol. The summed E-state index contributed by atoms with van der Waals surface area (Å²) in [5.74, 6) is 0.101. The summed E-state index contributed by atoms with van der Waals surface area (Å²) in [4.78, 5) is 15.9. The molecule has 0 aliphatic heterocycles. The number of amides is 1. The molecule has 92 valence electrons. The summed E-state index contributed by atoms with van der Waals surface area (Å²) in [6, 6.07) is 9.98. The second kappa shape index (κ2) is 5.37. The molecule has 2 rings (SSSR count). The second-order valence-electron chi connectivity index (χ2n) is 3.57. The van der Waals surface area contributed by atoms with Crippen LogP contribution in [-0.2, 0) is 0 Å². The fraction of sp³-hybridized carbons (Fsp3) is 0. The number of carbonyl (C=O) groups is 1. The van der Waals surface area contributed by atoms with Gasteiger partial charge < -0.3 is 11.1 Å². The minimum Gasteiger partial charge on any atom is -0.399 e. The molecule has 3 N–H and O–H groups in total. The van der Waals surface area contributed by atoms with E-state index < -0.39 is 0 Å². The molecule has 0 atom stereocenters. The molecule has 0 fully saturated rings. The van der Waals surface area contributed by atoms with Crippen molar-refractivity contribution >= 4 is 44.9 Å². The van der Waals surface area contributed by atoms with Crippen molar-refractivity contribution in [2.24, 2.45) is 0 Å². The van der Waals surface area contributed by atoms with Crippen molar-refractivity contribution in [1.82, 2.24) is 4.98 Å². The van der Waals surface area contributed by atoms with Crippen LogP contribution in [0, 0.1) is 0 Å². The van der Waals surface area contributed by atoms with Crippen molar-refractivity contribution in [1.29, 1.82) is 0 Å². The Balaban J connectivity index is 2.22. The number of rotatable bonds is 2. The van der Waals surface area contributed by atoms with E-state index in [0.717, 1.165) is 4.47 Å². The van der Waals surface area contributed by atoms with Crippen molar-refractivity contribution in [3.63, 3.8) is 0 Å². The van der Waals surface area contributed by atoms with Gasteiger partial charge in [0.25, 0.3) is 5.91 Å². The van der Waals surface area contributed by atoms with Crippen LogP contribution in [-0.4, -0.2) is 10.9 Å². The molecule has 1 heterocycles. The molecule has 0 aliphatic carbocycles. The Bertz CT molecular complexity index is 583. The summed E-state index contributed by atoms with van der Waals surface area (Å²) in [5, 5.41) is 2.96. The van der Waals surface area contributed by atoms with E-state index in [0.29, 0.717) is 22.2 Å². The van der Waals surface area contributed by atoms with Gasteiger partial charge in [-0.3, -0.25) is 4.79 Å². The molecule has 18 heavy (non-hydrogen) atoms. The molecule has 0 bridgehead atoms. The number of anilines is 2. The molecule has 0 spiro atoms. The van der Waals surface area contributed by atoms with E-state index in [1.54, 1.807) is 36.4 Å². The Labute approximate surface area is 117 Å². The van der Waals surface area contributed by atoms with E-state index in [1.807, 2.05) is 0 Å². The molecular weight excluding hydrogens is 318 g/mol. The summed E-state index contributed by atoms with van der Waals surface area (Å²) < 4.78 is 0.742. The van der Waals surface area contributed by atoms with E-state index in [1.165, 1.54) is 0 Å². The number of benzene rings is 1. The van der Waals surface area contributed by atoms with Gasteiger partial charge in [-0.1, -0.05) is 33.6 Å². The molecule has 6 heteroatoms. The van der Waals surface area contributed by atoms with Crippen LogP contribution in [0.25, 0.3) is 0 Å². The van der Waals surface area contributed by atoms with Gasteiger partial charge in [0.2, 0.25) is 0 Å². The molecule has 0 saturated carbocycles. The summed E-state index contributed by atoms with van der Waals surface area (Å²) in [7, 11) is 0. The number of nitrogens with two attached hydrogens (primary N) is 1. The van der Waals surface area contributed by atoms with Gasteiger partial charge in [0.15, 0.2) is 0 Å². The van der Waals surface area contributed by atoms with Crippen LogP contribution in [0.2, 0.25) is 5.15 Å². The normalized spacial score (nSPS) is 10.1. The Morgan fingerprint density at radius 3 is 2.78 bits per heavy atom. The Hall–Kier alpha value is -1.59. The smallest absolute Gasteiger partial charge is 0.256 e. The molecule has 1 aromatic carbocycles. The molecule has 1 aromatic heterocycles. The first-order chi connectivity index (χ1) is 8.54. The maximum atomic E-state index is 12.0. The third kappa shape index (κ3) is 3.21. The number of halogens is 2. The quantitative estimate of drug-likeness (QED) is 0.657. The topological polar surface area (TPSA) is 68.0 Å². The molecule has 0 saturated heterocycles. The number of nitrogens with one attached hydrogen (secondary N) is 1. The Kier molecular flexibility index (Phi) is 3.84. The van der Waals surface area contributed by atoms with Gasteiger partial charge in [0, 0.05) is 15.7 Å². The van der Waals surface area contributed by atoms with Crippen LogP contribution in [0.15, 0.2) is 40.9 Å². The molecule has 4 nitrogen and oxygen atoms in total. The highest BCUT2D eigenvalue weighted by molar-refractivity contribution is 9.10. The van der Waals surface area contributed by atoms with Crippen molar-refractivity contribution in [2.75, 3.05) is 11.1 Å². The molecule has 0 radical (unpaired) electrons. The van der Waals surface area contributed by atoms with Gasteiger partial charge in [-0.2, -0.15) is 0 Å². The van der Waals surface area contributed by atoms with Crippen molar-refractivity contribution in [3.05, 3.63) is 51.6 Å². The highest BCUT2D eigenvalue weighted by Crippen LogP contribution is 2.18. The average Bonchev–Trinajstić information content (AvgIpc) is 2.27. The van der Waals surface area contributed by atoms with Crippen LogP contribution < -0.4 is 11.1 Å². The van der Waals surface area contributed by atoms with E-state index >= 15 is 0 Å². The third-order valence-corrected chi connectivity index (χ3v) is 2.81. The van der Waals surface area contributed by atoms with Gasteiger partial charge in [0.1, 0.15) is 11.0 Å².